The van der Waals surface area contributed by atoms with Gasteiger partial charge in [0.25, 0.3) is 0 Å². The van der Waals surface area contributed by atoms with Gasteiger partial charge >= 0.3 is 51.4 Å². The number of rotatable bonds is 0. The van der Waals surface area contributed by atoms with Crippen molar-refractivity contribution in [1.29, 1.82) is 0 Å². The molecule has 0 aliphatic rings. The van der Waals surface area contributed by atoms with Crippen LogP contribution in [0.4, 0.5) is 0 Å². The quantitative estimate of drug-likeness (QED) is 0.422. The maximum Gasteiger partial charge on any atom is 1.00 e. The Morgan fingerprint density at radius 1 is 1.25 bits per heavy atom. The molecule has 0 unspecified atom stereocenters. The first-order valence-electron chi connectivity index (χ1n) is 0. The molecule has 0 aliphatic heterocycles. The summed E-state index contributed by atoms with van der Waals surface area (Å²) in [6, 6.07) is 0. The van der Waals surface area contributed by atoms with Gasteiger partial charge in [-0.3, -0.25) is 0 Å². The molecule has 0 saturated heterocycles. The summed E-state index contributed by atoms with van der Waals surface area (Å²) in [6.07, 6.45) is 0. The fraction of sp³-hybridized carbons (Fsp3) is 0. The molecule has 4 heavy (non-hydrogen) atoms. The topological polar surface area (TPSA) is 0 Å². The smallest absolute Gasteiger partial charge is 1.00 e. The third kappa shape index (κ3) is 9.47. The van der Waals surface area contributed by atoms with Crippen LogP contribution in [-0.2, 0) is 36.3 Å². The van der Waals surface area contributed by atoms with Crippen LogP contribution in [0.5, 0.6) is 0 Å². The maximum atomic E-state index is 0. The normalized spacial score (nSPS) is 0. The van der Waals surface area contributed by atoms with E-state index in [2.05, 4.69) is 0 Å². The summed E-state index contributed by atoms with van der Waals surface area (Å²) in [5.74, 6) is 0. The number of hydrogen-bond donors (Lipinski definition) is 0. The van der Waals surface area contributed by atoms with Crippen molar-refractivity contribution in [3.05, 3.63) is 0 Å². The van der Waals surface area contributed by atoms with Crippen molar-refractivity contribution in [2.75, 3.05) is 0 Å². The third-order valence-electron chi connectivity index (χ3n) is 0. The van der Waals surface area contributed by atoms with E-state index in [9.17, 15) is 0 Å². The van der Waals surface area contributed by atoms with Gasteiger partial charge in [0.05, 0.1) is 0 Å². The molecule has 1 radical (unpaired) electrons. The Bertz CT molecular complexity index is 11.6. The molecule has 0 aromatic carbocycles. The Hall–Kier alpha value is 4.14. The Morgan fingerprint density at radius 3 is 1.25 bits per heavy atom. The van der Waals surface area contributed by atoms with Crippen LogP contribution in [-0.4, -0.2) is 0 Å². The Labute approximate surface area is 127 Å². The van der Waals surface area contributed by atoms with Gasteiger partial charge in [-0.05, 0) is 0 Å². The molecule has 0 rings (SSSR count). The third-order valence-corrected chi connectivity index (χ3v) is 0. The molecule has 0 bridgehead atoms. The summed E-state index contributed by atoms with van der Waals surface area (Å²) < 4.78 is 0. The monoisotopic (exact) mass is 303 g/mol. The van der Waals surface area contributed by atoms with Gasteiger partial charge in [0.15, 0.2) is 0 Å². The molecule has 0 aromatic rings. The first-order valence-corrected chi connectivity index (χ1v) is 0. The van der Waals surface area contributed by atoms with Crippen molar-refractivity contribution in [1.82, 2.24) is 0 Å². The Balaban J connectivity index is 0. The molecule has 0 saturated carbocycles. The van der Waals surface area contributed by atoms with Crippen LogP contribution in [0.1, 0.15) is 1.43 Å². The van der Waals surface area contributed by atoms with E-state index in [0.29, 0.717) is 0 Å². The minimum absolute atomic E-state index is 0. The molecule has 0 N–H and O–H groups in total. The summed E-state index contributed by atoms with van der Waals surface area (Å²) in [4.78, 5) is 0. The van der Waals surface area contributed by atoms with E-state index in [-0.39, 0.29) is 131 Å². The van der Waals surface area contributed by atoms with Gasteiger partial charge in [0.2, 0.25) is 0 Å². The summed E-state index contributed by atoms with van der Waals surface area (Å²) in [7, 11) is 0. The van der Waals surface area contributed by atoms with Crippen molar-refractivity contribution in [3.63, 3.8) is 0 Å². The van der Waals surface area contributed by atoms with Crippen LogP contribution in [0, 0.1) is 41.7 Å². The maximum absolute atomic E-state index is 0. The molecule has 0 amide bonds. The van der Waals surface area contributed by atoms with E-state index in [4.69, 9.17) is 0 Å². The van der Waals surface area contributed by atoms with Crippen LogP contribution < -0.4 is 51.4 Å². The van der Waals surface area contributed by atoms with Crippen molar-refractivity contribution in [3.8, 4) is 0 Å². The number of hydrogen-bond acceptors (Lipinski definition) is 0. The first-order chi connectivity index (χ1) is 0. The molecule has 0 aliphatic carbocycles. The molecular weight excluding hydrogens is 304 g/mol. The molecule has 0 nitrogen and oxygen atoms in total. The van der Waals surface area contributed by atoms with Crippen LogP contribution in [0.3, 0.4) is 0 Å². The standard InChI is InChI=1S/Ce.Co.K.Zn.H/q;;+1;;-1. The molecule has 0 atom stereocenters. The van der Waals surface area contributed by atoms with E-state index >= 15 is 0 Å². The van der Waals surface area contributed by atoms with E-state index in [1.165, 1.54) is 0 Å². The predicted octanol–water partition coefficient (Wildman–Crippen LogP) is -2.89. The van der Waals surface area contributed by atoms with Crippen molar-refractivity contribution >= 4 is 0 Å². The molecule has 0 fully saturated rings. The van der Waals surface area contributed by atoms with Gasteiger partial charge in [-0.1, -0.05) is 0 Å². The van der Waals surface area contributed by atoms with E-state index in [0.717, 1.165) is 0 Å². The van der Waals surface area contributed by atoms with Crippen LogP contribution in [0.2, 0.25) is 0 Å². The minimum atomic E-state index is 0. The summed E-state index contributed by atoms with van der Waals surface area (Å²) in [6.45, 7) is 0. The molecule has 0 heterocycles. The summed E-state index contributed by atoms with van der Waals surface area (Å²) >= 11 is 0. The first kappa shape index (κ1) is 24.2. The average molecular weight is 305 g/mol. The van der Waals surface area contributed by atoms with Crippen LogP contribution in [0.15, 0.2) is 0 Å². The molecule has 17 valence electrons. The molecule has 0 spiro atoms. The average Bonchev–Trinajstić information content (AvgIpc) is 0. The summed E-state index contributed by atoms with van der Waals surface area (Å²) in [5, 5.41) is 0. The Kier molecular flexibility index (Phi) is 95.0. The summed E-state index contributed by atoms with van der Waals surface area (Å²) in [5.41, 5.74) is 0. The Morgan fingerprint density at radius 2 is 1.25 bits per heavy atom. The van der Waals surface area contributed by atoms with E-state index in [1.54, 1.807) is 0 Å². The zero-order valence-corrected chi connectivity index (χ0v) is 12.8. The SMILES string of the molecule is [Ce].[Co].[H-].[K+].[Zn]. The fourth-order valence-corrected chi connectivity index (χ4v) is 0. The predicted molar refractivity (Wildman–Crippen MR) is 1.11 cm³/mol. The largest absolute Gasteiger partial charge is 1.00 e. The minimum Gasteiger partial charge on any atom is -1.00 e. The molecule has 0 aromatic heterocycles. The van der Waals surface area contributed by atoms with Crippen LogP contribution >= 0.6 is 0 Å². The second kappa shape index (κ2) is 15.7. The second-order valence-electron chi connectivity index (χ2n) is 0. The zero-order valence-electron chi connectivity index (χ0n) is 3.54. The van der Waals surface area contributed by atoms with Gasteiger partial charge in [-0.15, -0.1) is 0 Å². The fourth-order valence-electron chi connectivity index (χ4n) is 0. The van der Waals surface area contributed by atoms with Gasteiger partial charge in [0, 0.05) is 78.0 Å². The van der Waals surface area contributed by atoms with E-state index in [1.807, 2.05) is 0 Å². The van der Waals surface area contributed by atoms with Crippen molar-refractivity contribution < 1.29 is 131 Å². The molecule has 4 heteroatoms. The van der Waals surface area contributed by atoms with Crippen molar-refractivity contribution in [2.45, 2.75) is 0 Å². The van der Waals surface area contributed by atoms with E-state index < -0.39 is 0 Å². The molecular formula is HCeCoKZn. The van der Waals surface area contributed by atoms with Crippen LogP contribution in [0.25, 0.3) is 0 Å². The van der Waals surface area contributed by atoms with Gasteiger partial charge in [-0.25, -0.2) is 0 Å². The van der Waals surface area contributed by atoms with Gasteiger partial charge in [0.1, 0.15) is 0 Å². The second-order valence-corrected chi connectivity index (χ2v) is 0. The van der Waals surface area contributed by atoms with Gasteiger partial charge < -0.3 is 1.43 Å². The van der Waals surface area contributed by atoms with Crippen molar-refractivity contribution in [2.24, 2.45) is 0 Å². The van der Waals surface area contributed by atoms with Gasteiger partial charge in [-0.2, -0.15) is 0 Å². The zero-order chi connectivity index (χ0) is 0.